The van der Waals surface area contributed by atoms with E-state index in [4.69, 9.17) is 0 Å². The fourth-order valence-corrected chi connectivity index (χ4v) is 7.27. The Kier molecular flexibility index (Phi) is 8.30. The minimum atomic E-state index is -0.755. The molecule has 5 rings (SSSR count). The van der Waals surface area contributed by atoms with Crippen molar-refractivity contribution in [2.75, 3.05) is 0 Å². The predicted octanol–water partition coefficient (Wildman–Crippen LogP) is 6.40. The zero-order chi connectivity index (χ0) is 29.2. The van der Waals surface area contributed by atoms with Crippen LogP contribution in [0.25, 0.3) is 21.2 Å². The number of nitrogens with one attached hydrogen (secondary N) is 3. The second-order valence-corrected chi connectivity index (χ2v) is 13.4. The Balaban J connectivity index is 1.33. The van der Waals surface area contributed by atoms with Gasteiger partial charge in [-0.05, 0) is 80.1 Å². The fraction of sp³-hybridized carbons (Fsp3) is 0.353. The van der Waals surface area contributed by atoms with Crippen LogP contribution in [0, 0.1) is 5.82 Å². The Bertz CT molecular complexity index is 1530. The van der Waals surface area contributed by atoms with Gasteiger partial charge in [-0.3, -0.25) is 9.59 Å². The summed E-state index contributed by atoms with van der Waals surface area (Å²) in [5, 5.41) is 13.0. The van der Waals surface area contributed by atoms with E-state index in [0.29, 0.717) is 17.5 Å². The molecule has 7 heteroatoms. The third kappa shape index (κ3) is 7.21. The first kappa shape index (κ1) is 29.0. The summed E-state index contributed by atoms with van der Waals surface area (Å²) >= 11 is 1.63. The van der Waals surface area contributed by atoms with E-state index in [1.54, 1.807) is 23.5 Å². The molecule has 4 aromatic rings. The van der Waals surface area contributed by atoms with Gasteiger partial charge in [0.25, 0.3) is 0 Å². The van der Waals surface area contributed by atoms with Gasteiger partial charge < -0.3 is 16.0 Å². The van der Waals surface area contributed by atoms with Crippen LogP contribution in [0.2, 0.25) is 0 Å². The highest BCUT2D eigenvalue weighted by atomic mass is 32.1. The smallest absolute Gasteiger partial charge is 0.243 e. The van der Waals surface area contributed by atoms with Crippen LogP contribution in [0.3, 0.4) is 0 Å². The van der Waals surface area contributed by atoms with Gasteiger partial charge in [0.1, 0.15) is 11.9 Å². The van der Waals surface area contributed by atoms with Gasteiger partial charge in [-0.1, -0.05) is 60.7 Å². The number of halogens is 1. The number of carbonyl (C=O) groups excluding carboxylic acids is 2. The molecule has 0 saturated carbocycles. The average Bonchev–Trinajstić information content (AvgIpc) is 3.30. The molecule has 3 N–H and O–H groups in total. The summed E-state index contributed by atoms with van der Waals surface area (Å²) in [5.74, 6) is -0.892. The first-order valence-corrected chi connectivity index (χ1v) is 15.0. The summed E-state index contributed by atoms with van der Waals surface area (Å²) in [4.78, 5) is 27.0. The van der Waals surface area contributed by atoms with Crippen LogP contribution in [0.1, 0.15) is 51.7 Å². The van der Waals surface area contributed by atoms with Gasteiger partial charge in [0.15, 0.2) is 0 Å². The lowest BCUT2D eigenvalue weighted by molar-refractivity contribution is -0.129. The Morgan fingerprint density at radius 1 is 0.976 bits per heavy atom. The van der Waals surface area contributed by atoms with E-state index in [-0.39, 0.29) is 41.2 Å². The maximum Gasteiger partial charge on any atom is 0.243 e. The minimum absolute atomic E-state index is 0.0203. The lowest BCUT2D eigenvalue weighted by Crippen LogP contribution is -2.63. The molecule has 0 spiro atoms. The Morgan fingerprint density at radius 2 is 1.66 bits per heavy atom. The van der Waals surface area contributed by atoms with Crippen LogP contribution in [0.5, 0.6) is 0 Å². The van der Waals surface area contributed by atoms with Crippen molar-refractivity contribution in [3.8, 4) is 11.1 Å². The van der Waals surface area contributed by atoms with Crippen molar-refractivity contribution in [2.24, 2.45) is 0 Å². The van der Waals surface area contributed by atoms with E-state index in [1.165, 1.54) is 6.07 Å². The van der Waals surface area contributed by atoms with E-state index < -0.39 is 6.04 Å². The number of rotatable bonds is 8. The third-order valence-electron chi connectivity index (χ3n) is 7.66. The monoisotopic (exact) mass is 571 g/mol. The molecule has 1 fully saturated rings. The van der Waals surface area contributed by atoms with Crippen molar-refractivity contribution in [3.05, 3.63) is 95.1 Å². The highest BCUT2D eigenvalue weighted by molar-refractivity contribution is 7.17. The van der Waals surface area contributed by atoms with Crippen molar-refractivity contribution >= 4 is 33.2 Å². The topological polar surface area (TPSA) is 70.2 Å². The molecule has 0 bridgehead atoms. The highest BCUT2D eigenvalue weighted by Gasteiger charge is 2.39. The molecular formula is C34H38FN3O2S. The number of piperidine rings is 1. The Labute approximate surface area is 245 Å². The van der Waals surface area contributed by atoms with Gasteiger partial charge in [-0.25, -0.2) is 4.39 Å². The molecule has 1 aromatic heterocycles. The van der Waals surface area contributed by atoms with Crippen LogP contribution in [-0.2, 0) is 22.4 Å². The van der Waals surface area contributed by atoms with Gasteiger partial charge in [0, 0.05) is 33.8 Å². The molecule has 2 heterocycles. The average molecular weight is 572 g/mol. The standard InChI is InChI=1S/C34H38FN3O2S/c1-33(2)19-25(20-34(3,4)38-33)36-32(40)29(18-24-21-41-30-13-9-8-12-27(24)30)37-31(39)17-22-14-15-26(28(35)16-22)23-10-6-5-7-11-23/h5-16,21,25,29,38H,17-20H2,1-4H3,(H,36,40)(H,37,39)/t29-/m0/s1. The summed E-state index contributed by atoms with van der Waals surface area (Å²) in [7, 11) is 0. The molecular weight excluding hydrogens is 533 g/mol. The molecule has 3 aromatic carbocycles. The molecule has 0 radical (unpaired) electrons. The molecule has 1 atom stereocenters. The number of hydrogen-bond acceptors (Lipinski definition) is 4. The van der Waals surface area contributed by atoms with E-state index in [9.17, 15) is 14.0 Å². The highest BCUT2D eigenvalue weighted by Crippen LogP contribution is 2.30. The minimum Gasteiger partial charge on any atom is -0.351 e. The molecule has 1 saturated heterocycles. The van der Waals surface area contributed by atoms with E-state index >= 15 is 0 Å². The van der Waals surface area contributed by atoms with Crippen molar-refractivity contribution in [2.45, 2.75) is 76.5 Å². The number of amides is 2. The predicted molar refractivity (Wildman–Crippen MR) is 165 cm³/mol. The largest absolute Gasteiger partial charge is 0.351 e. The third-order valence-corrected chi connectivity index (χ3v) is 8.67. The fourth-order valence-electron chi connectivity index (χ4n) is 6.30. The molecule has 0 aliphatic carbocycles. The first-order chi connectivity index (χ1) is 19.5. The van der Waals surface area contributed by atoms with Crippen molar-refractivity contribution < 1.29 is 14.0 Å². The van der Waals surface area contributed by atoms with Crippen molar-refractivity contribution in [3.63, 3.8) is 0 Å². The molecule has 5 nitrogen and oxygen atoms in total. The maximum atomic E-state index is 15.0. The molecule has 214 valence electrons. The van der Waals surface area contributed by atoms with Crippen LogP contribution in [0.15, 0.2) is 78.2 Å². The lowest BCUT2D eigenvalue weighted by Gasteiger charge is -2.46. The van der Waals surface area contributed by atoms with E-state index in [2.05, 4.69) is 55.1 Å². The zero-order valence-electron chi connectivity index (χ0n) is 24.1. The second-order valence-electron chi connectivity index (χ2n) is 12.4. The van der Waals surface area contributed by atoms with Crippen molar-refractivity contribution in [1.82, 2.24) is 16.0 Å². The number of thiophene rings is 1. The lowest BCUT2D eigenvalue weighted by atomic mass is 9.79. The Morgan fingerprint density at radius 3 is 2.37 bits per heavy atom. The normalized spacial score (nSPS) is 17.2. The van der Waals surface area contributed by atoms with Gasteiger partial charge >= 0.3 is 0 Å². The Hall–Kier alpha value is -3.55. The van der Waals surface area contributed by atoms with Crippen molar-refractivity contribution in [1.29, 1.82) is 0 Å². The van der Waals surface area contributed by atoms with E-state index in [1.807, 2.05) is 48.5 Å². The van der Waals surface area contributed by atoms with Gasteiger partial charge in [-0.2, -0.15) is 0 Å². The summed E-state index contributed by atoms with van der Waals surface area (Å²) in [6.07, 6.45) is 1.93. The van der Waals surface area contributed by atoms with Crippen LogP contribution >= 0.6 is 11.3 Å². The summed E-state index contributed by atoms with van der Waals surface area (Å²) in [6.45, 7) is 8.58. The molecule has 41 heavy (non-hydrogen) atoms. The summed E-state index contributed by atoms with van der Waals surface area (Å²) < 4.78 is 16.1. The molecule has 0 unspecified atom stereocenters. The number of carbonyl (C=O) groups is 2. The number of hydrogen-bond donors (Lipinski definition) is 3. The van der Waals surface area contributed by atoms with Crippen LogP contribution in [0.4, 0.5) is 4.39 Å². The number of benzene rings is 3. The molecule has 1 aliphatic rings. The SMILES string of the molecule is CC1(C)CC(NC(=O)[C@H](Cc2csc3ccccc23)NC(=O)Cc2ccc(-c3ccccc3)c(F)c2)CC(C)(C)N1. The van der Waals surface area contributed by atoms with Gasteiger partial charge in [0.2, 0.25) is 11.8 Å². The van der Waals surface area contributed by atoms with Crippen LogP contribution in [-0.4, -0.2) is 35.0 Å². The summed E-state index contributed by atoms with van der Waals surface area (Å²) in [5.41, 5.74) is 2.60. The van der Waals surface area contributed by atoms with E-state index in [0.717, 1.165) is 34.1 Å². The van der Waals surface area contributed by atoms with Gasteiger partial charge in [0.05, 0.1) is 6.42 Å². The maximum absolute atomic E-state index is 15.0. The summed E-state index contributed by atoms with van der Waals surface area (Å²) in [6, 6.07) is 21.5. The first-order valence-electron chi connectivity index (χ1n) is 14.2. The zero-order valence-corrected chi connectivity index (χ0v) is 24.9. The van der Waals surface area contributed by atoms with Crippen LogP contribution < -0.4 is 16.0 Å². The molecule has 1 aliphatic heterocycles. The second kappa shape index (κ2) is 11.7. The molecule has 2 amide bonds. The number of fused-ring (bicyclic) bond motifs is 1. The van der Waals surface area contributed by atoms with Gasteiger partial charge in [-0.15, -0.1) is 11.3 Å². The quantitative estimate of drug-likeness (QED) is 0.229.